The van der Waals surface area contributed by atoms with Gasteiger partial charge in [-0.05, 0) is 61.4 Å². The summed E-state index contributed by atoms with van der Waals surface area (Å²) in [6, 6.07) is 12.4. The second kappa shape index (κ2) is 9.43. The zero-order chi connectivity index (χ0) is 22.5. The Morgan fingerprint density at radius 2 is 1.58 bits per heavy atom. The van der Waals surface area contributed by atoms with Crippen LogP contribution < -0.4 is 14.2 Å². The Balaban J connectivity index is 2.08. The first-order valence-electron chi connectivity index (χ1n) is 9.69. The van der Waals surface area contributed by atoms with Crippen LogP contribution in [0.5, 0.6) is 28.7 Å². The summed E-state index contributed by atoms with van der Waals surface area (Å²) in [5.41, 5.74) is 3.19. The number of rotatable bonds is 7. The van der Waals surface area contributed by atoms with E-state index in [1.54, 1.807) is 30.3 Å². The van der Waals surface area contributed by atoms with Gasteiger partial charge in [-0.25, -0.2) is 4.39 Å². The molecule has 0 radical (unpaired) electrons. The van der Waals surface area contributed by atoms with Crippen LogP contribution in [0.25, 0.3) is 22.3 Å². The quantitative estimate of drug-likeness (QED) is 0.460. The first kappa shape index (κ1) is 22.0. The smallest absolute Gasteiger partial charge is 0.170 e. The Labute approximate surface area is 181 Å². The number of halogens is 1. The van der Waals surface area contributed by atoms with E-state index in [-0.39, 0.29) is 23.1 Å². The number of phenolic OH excluding ortho intramolecular Hbond substituents is 2. The first-order chi connectivity index (χ1) is 14.8. The van der Waals surface area contributed by atoms with Crippen molar-refractivity contribution in [3.8, 4) is 51.0 Å². The van der Waals surface area contributed by atoms with Gasteiger partial charge in [0.05, 0.1) is 19.8 Å². The van der Waals surface area contributed by atoms with E-state index in [4.69, 9.17) is 14.2 Å². The molecule has 31 heavy (non-hydrogen) atoms. The highest BCUT2D eigenvalue weighted by atomic mass is 19.1. The summed E-state index contributed by atoms with van der Waals surface area (Å²) in [5.74, 6) is 0.329. The number of methoxy groups -OCH3 is 2. The van der Waals surface area contributed by atoms with Crippen LogP contribution in [0.4, 0.5) is 4.39 Å². The Hall–Kier alpha value is -3.67. The zero-order valence-electron chi connectivity index (χ0n) is 17.9. The molecule has 0 aliphatic rings. The highest BCUT2D eigenvalue weighted by Gasteiger charge is 2.22. The van der Waals surface area contributed by atoms with Crippen molar-refractivity contribution in [3.63, 3.8) is 0 Å². The molecule has 5 nitrogen and oxygen atoms in total. The summed E-state index contributed by atoms with van der Waals surface area (Å²) in [7, 11) is 2.92. The molecular weight excluding hydrogens is 399 g/mol. The number of allylic oxidation sites excluding steroid dienone is 1. The topological polar surface area (TPSA) is 68.2 Å². The van der Waals surface area contributed by atoms with Crippen LogP contribution in [0.15, 0.2) is 60.2 Å². The third kappa shape index (κ3) is 4.74. The lowest BCUT2D eigenvalue weighted by Crippen LogP contribution is -1.97. The van der Waals surface area contributed by atoms with Crippen LogP contribution in [0, 0.1) is 5.82 Å². The van der Waals surface area contributed by atoms with E-state index in [1.165, 1.54) is 32.4 Å². The van der Waals surface area contributed by atoms with Crippen molar-refractivity contribution in [1.82, 2.24) is 0 Å². The van der Waals surface area contributed by atoms with Crippen LogP contribution >= 0.6 is 0 Å². The molecule has 3 rings (SSSR count). The minimum absolute atomic E-state index is 0.0670. The molecule has 0 bridgehead atoms. The van der Waals surface area contributed by atoms with Gasteiger partial charge in [0.25, 0.3) is 0 Å². The van der Waals surface area contributed by atoms with Gasteiger partial charge in [-0.2, -0.15) is 0 Å². The van der Waals surface area contributed by atoms with Crippen LogP contribution in [-0.2, 0) is 0 Å². The van der Waals surface area contributed by atoms with Gasteiger partial charge in [0, 0.05) is 5.56 Å². The van der Waals surface area contributed by atoms with Crippen LogP contribution in [0.2, 0.25) is 0 Å². The number of aromatic hydroxyl groups is 2. The second-order valence-corrected chi connectivity index (χ2v) is 7.17. The number of benzene rings is 3. The third-order valence-electron chi connectivity index (χ3n) is 4.78. The summed E-state index contributed by atoms with van der Waals surface area (Å²) in [6.45, 7) is 4.26. The molecule has 0 heterocycles. The monoisotopic (exact) mass is 424 g/mol. The minimum Gasteiger partial charge on any atom is -0.504 e. The van der Waals surface area contributed by atoms with Gasteiger partial charge < -0.3 is 24.4 Å². The van der Waals surface area contributed by atoms with Crippen molar-refractivity contribution in [2.45, 2.75) is 13.8 Å². The SMILES string of the molecule is COc1cc(-c2ccc(F)cc2)c(OC)c(O)c1-c1ccc(OCC=C(C)C)c(O)c1. The fourth-order valence-corrected chi connectivity index (χ4v) is 3.21. The van der Waals surface area contributed by atoms with E-state index < -0.39 is 0 Å². The molecule has 6 heteroatoms. The summed E-state index contributed by atoms with van der Waals surface area (Å²) in [4.78, 5) is 0. The van der Waals surface area contributed by atoms with Crippen LogP contribution in [-0.4, -0.2) is 31.0 Å². The molecule has 3 aromatic rings. The van der Waals surface area contributed by atoms with Gasteiger partial charge in [-0.1, -0.05) is 23.8 Å². The van der Waals surface area contributed by atoms with E-state index in [9.17, 15) is 14.6 Å². The first-order valence-corrected chi connectivity index (χ1v) is 9.69. The molecule has 0 saturated carbocycles. The van der Waals surface area contributed by atoms with Crippen molar-refractivity contribution in [1.29, 1.82) is 0 Å². The van der Waals surface area contributed by atoms with Gasteiger partial charge in [0.15, 0.2) is 23.0 Å². The van der Waals surface area contributed by atoms with Crippen LogP contribution in [0.1, 0.15) is 13.8 Å². The van der Waals surface area contributed by atoms with Gasteiger partial charge in [0.2, 0.25) is 0 Å². The van der Waals surface area contributed by atoms with Crippen molar-refractivity contribution >= 4 is 0 Å². The van der Waals surface area contributed by atoms with Crippen LogP contribution in [0.3, 0.4) is 0 Å². The molecular formula is C25H25FO5. The Bertz CT molecular complexity index is 1100. The zero-order valence-corrected chi connectivity index (χ0v) is 17.9. The lowest BCUT2D eigenvalue weighted by Gasteiger charge is -2.18. The highest BCUT2D eigenvalue weighted by Crippen LogP contribution is 2.50. The molecule has 162 valence electrons. The summed E-state index contributed by atoms with van der Waals surface area (Å²) in [5, 5.41) is 21.4. The standard InChI is InChI=1S/C25H25FO5/c1-15(2)11-12-31-21-10-7-17(13-20(21)27)23-22(29-3)14-19(25(30-4)24(23)28)16-5-8-18(26)9-6-16/h5-11,13-14,27-28H,12H2,1-4H3. The molecule has 0 amide bonds. The number of hydrogen-bond donors (Lipinski definition) is 2. The van der Waals surface area contributed by atoms with E-state index in [2.05, 4.69) is 0 Å². The Morgan fingerprint density at radius 1 is 0.903 bits per heavy atom. The molecule has 0 spiro atoms. The Morgan fingerprint density at radius 3 is 2.16 bits per heavy atom. The number of phenols is 2. The molecule has 0 aliphatic carbocycles. The predicted molar refractivity (Wildman–Crippen MR) is 119 cm³/mol. The fraction of sp³-hybridized carbons (Fsp3) is 0.200. The van der Waals surface area contributed by atoms with E-state index in [1.807, 2.05) is 19.9 Å². The molecule has 0 fully saturated rings. The number of ether oxygens (including phenoxy) is 3. The number of hydrogen-bond acceptors (Lipinski definition) is 5. The Kier molecular flexibility index (Phi) is 6.70. The molecule has 2 N–H and O–H groups in total. The molecule has 0 saturated heterocycles. The summed E-state index contributed by atoms with van der Waals surface area (Å²) < 4.78 is 29.9. The fourth-order valence-electron chi connectivity index (χ4n) is 3.21. The molecule has 0 aromatic heterocycles. The van der Waals surface area contributed by atoms with Gasteiger partial charge in [0.1, 0.15) is 18.2 Å². The van der Waals surface area contributed by atoms with E-state index >= 15 is 0 Å². The molecule has 0 atom stereocenters. The minimum atomic E-state index is -0.363. The second-order valence-electron chi connectivity index (χ2n) is 7.17. The van der Waals surface area contributed by atoms with Crippen molar-refractivity contribution < 1.29 is 28.8 Å². The lowest BCUT2D eigenvalue weighted by atomic mass is 9.96. The average molecular weight is 424 g/mol. The normalized spacial score (nSPS) is 10.5. The predicted octanol–water partition coefficient (Wildman–Crippen LogP) is 5.93. The van der Waals surface area contributed by atoms with Gasteiger partial charge in [-0.15, -0.1) is 0 Å². The van der Waals surface area contributed by atoms with E-state index in [0.29, 0.717) is 40.4 Å². The van der Waals surface area contributed by atoms with Crippen molar-refractivity contribution in [2.24, 2.45) is 0 Å². The summed E-state index contributed by atoms with van der Waals surface area (Å²) in [6.07, 6.45) is 1.90. The van der Waals surface area contributed by atoms with Crippen molar-refractivity contribution in [2.75, 3.05) is 20.8 Å². The average Bonchev–Trinajstić information content (AvgIpc) is 2.74. The maximum absolute atomic E-state index is 13.3. The highest BCUT2D eigenvalue weighted by molar-refractivity contribution is 5.88. The molecule has 0 aliphatic heterocycles. The van der Waals surface area contributed by atoms with E-state index in [0.717, 1.165) is 5.57 Å². The maximum atomic E-state index is 13.3. The molecule has 0 unspecified atom stereocenters. The van der Waals surface area contributed by atoms with Gasteiger partial charge >= 0.3 is 0 Å². The largest absolute Gasteiger partial charge is 0.504 e. The lowest BCUT2D eigenvalue weighted by molar-refractivity contribution is 0.335. The van der Waals surface area contributed by atoms with Crippen molar-refractivity contribution in [3.05, 3.63) is 66.0 Å². The van der Waals surface area contributed by atoms with Gasteiger partial charge in [-0.3, -0.25) is 0 Å². The molecule has 3 aromatic carbocycles. The summed E-state index contributed by atoms with van der Waals surface area (Å²) >= 11 is 0. The third-order valence-corrected chi connectivity index (χ3v) is 4.78. The maximum Gasteiger partial charge on any atom is 0.170 e.